The number of nitrogens with zero attached hydrogens (tertiary/aromatic N) is 2. The molecule has 2 rings (SSSR count). The van der Waals surface area contributed by atoms with Crippen LogP contribution in [0.5, 0.6) is 0 Å². The minimum atomic E-state index is 0.0306. The van der Waals surface area contributed by atoms with Crippen LogP contribution in [0.25, 0.3) is 0 Å². The van der Waals surface area contributed by atoms with Crippen molar-refractivity contribution in [1.82, 2.24) is 9.88 Å². The third-order valence-corrected chi connectivity index (χ3v) is 3.63. The highest BCUT2D eigenvalue weighted by molar-refractivity contribution is 5.31. The molecule has 2 aromatic rings. The maximum absolute atomic E-state index is 6.31. The Morgan fingerprint density at radius 1 is 1.15 bits per heavy atom. The van der Waals surface area contributed by atoms with Crippen molar-refractivity contribution in [3.63, 3.8) is 0 Å². The predicted octanol–water partition coefficient (Wildman–Crippen LogP) is 2.83. The first kappa shape index (κ1) is 14.7. The Morgan fingerprint density at radius 3 is 2.60 bits per heavy atom. The average molecular weight is 269 g/mol. The standard InChI is InChI=1S/C17H23N3/c1-13-7-8-15(10-14(13)2)17(18)12-20(3)11-16-6-4-5-9-19-16/h4-10,17H,11-12,18H2,1-3H3. The largest absolute Gasteiger partial charge is 0.323 e. The van der Waals surface area contributed by atoms with E-state index in [0.29, 0.717) is 0 Å². The van der Waals surface area contributed by atoms with Crippen LogP contribution < -0.4 is 5.73 Å². The maximum atomic E-state index is 6.31. The number of hydrogen-bond acceptors (Lipinski definition) is 3. The second-order valence-electron chi connectivity index (χ2n) is 5.47. The van der Waals surface area contributed by atoms with E-state index >= 15 is 0 Å². The molecular weight excluding hydrogens is 246 g/mol. The zero-order valence-electron chi connectivity index (χ0n) is 12.5. The smallest absolute Gasteiger partial charge is 0.0543 e. The van der Waals surface area contributed by atoms with Gasteiger partial charge in [-0.05, 0) is 49.7 Å². The SMILES string of the molecule is Cc1ccc(C(N)CN(C)Cc2ccccn2)cc1C. The molecule has 2 N–H and O–H groups in total. The molecule has 1 heterocycles. The molecule has 0 bridgehead atoms. The van der Waals surface area contributed by atoms with E-state index in [1.54, 1.807) is 0 Å². The second kappa shape index (κ2) is 6.64. The Morgan fingerprint density at radius 2 is 1.95 bits per heavy atom. The van der Waals surface area contributed by atoms with Crippen LogP contribution in [0.1, 0.15) is 28.4 Å². The van der Waals surface area contributed by atoms with Crippen LogP contribution in [0.15, 0.2) is 42.6 Å². The first-order valence-electron chi connectivity index (χ1n) is 6.97. The Labute approximate surface area is 121 Å². The van der Waals surface area contributed by atoms with Crippen molar-refractivity contribution in [2.75, 3.05) is 13.6 Å². The first-order chi connectivity index (χ1) is 9.56. The Kier molecular flexibility index (Phi) is 4.88. The van der Waals surface area contributed by atoms with Crippen molar-refractivity contribution >= 4 is 0 Å². The molecule has 3 heteroatoms. The van der Waals surface area contributed by atoms with E-state index in [0.717, 1.165) is 18.8 Å². The summed E-state index contributed by atoms with van der Waals surface area (Å²) in [7, 11) is 2.08. The number of aromatic nitrogens is 1. The van der Waals surface area contributed by atoms with Gasteiger partial charge in [-0.2, -0.15) is 0 Å². The quantitative estimate of drug-likeness (QED) is 0.907. The summed E-state index contributed by atoms with van der Waals surface area (Å²) in [5, 5.41) is 0. The van der Waals surface area contributed by atoms with Crippen LogP contribution in [0.2, 0.25) is 0 Å². The van der Waals surface area contributed by atoms with Crippen molar-refractivity contribution in [3.05, 3.63) is 65.0 Å². The molecule has 1 atom stereocenters. The fourth-order valence-electron chi connectivity index (χ4n) is 2.27. The lowest BCUT2D eigenvalue weighted by atomic mass is 10.0. The summed E-state index contributed by atoms with van der Waals surface area (Å²) >= 11 is 0. The summed E-state index contributed by atoms with van der Waals surface area (Å²) in [6, 6.07) is 12.5. The van der Waals surface area contributed by atoms with Gasteiger partial charge in [0.1, 0.15) is 0 Å². The molecule has 0 fully saturated rings. The third kappa shape index (κ3) is 3.89. The molecule has 1 aromatic heterocycles. The molecule has 0 amide bonds. The average Bonchev–Trinajstić information content (AvgIpc) is 2.42. The van der Waals surface area contributed by atoms with Gasteiger partial charge in [0.05, 0.1) is 5.69 Å². The van der Waals surface area contributed by atoms with Gasteiger partial charge in [0, 0.05) is 25.3 Å². The highest BCUT2D eigenvalue weighted by Gasteiger charge is 2.10. The summed E-state index contributed by atoms with van der Waals surface area (Å²) in [4.78, 5) is 6.55. The van der Waals surface area contributed by atoms with Crippen LogP contribution in [-0.4, -0.2) is 23.5 Å². The van der Waals surface area contributed by atoms with Crippen molar-refractivity contribution in [3.8, 4) is 0 Å². The van der Waals surface area contributed by atoms with Crippen molar-refractivity contribution in [2.45, 2.75) is 26.4 Å². The van der Waals surface area contributed by atoms with Gasteiger partial charge in [-0.15, -0.1) is 0 Å². The van der Waals surface area contributed by atoms with E-state index in [-0.39, 0.29) is 6.04 Å². The molecule has 1 unspecified atom stereocenters. The van der Waals surface area contributed by atoms with Crippen LogP contribution in [0, 0.1) is 13.8 Å². The van der Waals surface area contributed by atoms with E-state index in [1.165, 1.54) is 16.7 Å². The zero-order chi connectivity index (χ0) is 14.5. The highest BCUT2D eigenvalue weighted by atomic mass is 15.1. The maximum Gasteiger partial charge on any atom is 0.0543 e. The van der Waals surface area contributed by atoms with E-state index in [4.69, 9.17) is 5.73 Å². The lowest BCUT2D eigenvalue weighted by Gasteiger charge is -2.21. The minimum absolute atomic E-state index is 0.0306. The number of benzene rings is 1. The van der Waals surface area contributed by atoms with Crippen molar-refractivity contribution in [1.29, 1.82) is 0 Å². The number of pyridine rings is 1. The van der Waals surface area contributed by atoms with Crippen LogP contribution in [0.3, 0.4) is 0 Å². The second-order valence-corrected chi connectivity index (χ2v) is 5.47. The highest BCUT2D eigenvalue weighted by Crippen LogP contribution is 2.16. The lowest BCUT2D eigenvalue weighted by molar-refractivity contribution is 0.302. The Balaban J connectivity index is 1.96. The number of nitrogens with two attached hydrogens (primary N) is 1. The van der Waals surface area contributed by atoms with Gasteiger partial charge in [0.15, 0.2) is 0 Å². The summed E-state index contributed by atoms with van der Waals surface area (Å²) in [6.07, 6.45) is 1.83. The molecular formula is C17H23N3. The van der Waals surface area contributed by atoms with E-state index < -0.39 is 0 Å². The molecule has 0 saturated carbocycles. The molecule has 1 aromatic carbocycles. The zero-order valence-corrected chi connectivity index (χ0v) is 12.5. The number of aryl methyl sites for hydroxylation is 2. The van der Waals surface area contributed by atoms with Gasteiger partial charge < -0.3 is 5.73 Å². The third-order valence-electron chi connectivity index (χ3n) is 3.63. The fraction of sp³-hybridized carbons (Fsp3) is 0.353. The van der Waals surface area contributed by atoms with Crippen LogP contribution in [0.4, 0.5) is 0 Å². The van der Waals surface area contributed by atoms with E-state index in [2.05, 4.69) is 49.0 Å². The van der Waals surface area contributed by atoms with Gasteiger partial charge >= 0.3 is 0 Å². The van der Waals surface area contributed by atoms with Crippen molar-refractivity contribution in [2.24, 2.45) is 5.73 Å². The van der Waals surface area contributed by atoms with Gasteiger partial charge in [-0.3, -0.25) is 9.88 Å². The normalized spacial score (nSPS) is 12.7. The predicted molar refractivity (Wildman–Crippen MR) is 83.4 cm³/mol. The van der Waals surface area contributed by atoms with Gasteiger partial charge in [0.25, 0.3) is 0 Å². The molecule has 0 aliphatic carbocycles. The van der Waals surface area contributed by atoms with E-state index in [9.17, 15) is 0 Å². The monoisotopic (exact) mass is 269 g/mol. The van der Waals surface area contributed by atoms with Gasteiger partial charge in [-0.1, -0.05) is 24.3 Å². The fourth-order valence-corrected chi connectivity index (χ4v) is 2.27. The van der Waals surface area contributed by atoms with Crippen molar-refractivity contribution < 1.29 is 0 Å². The summed E-state index contributed by atoms with van der Waals surface area (Å²) < 4.78 is 0. The summed E-state index contributed by atoms with van der Waals surface area (Å²) in [5.74, 6) is 0. The number of likely N-dealkylation sites (N-methyl/N-ethyl adjacent to an activating group) is 1. The molecule has 0 aliphatic rings. The molecule has 0 spiro atoms. The van der Waals surface area contributed by atoms with Gasteiger partial charge in [-0.25, -0.2) is 0 Å². The first-order valence-corrected chi connectivity index (χ1v) is 6.97. The topological polar surface area (TPSA) is 42.1 Å². The molecule has 0 saturated heterocycles. The lowest BCUT2D eigenvalue weighted by Crippen LogP contribution is -2.29. The van der Waals surface area contributed by atoms with Crippen LogP contribution in [-0.2, 0) is 6.54 Å². The molecule has 0 radical (unpaired) electrons. The number of rotatable bonds is 5. The Hall–Kier alpha value is -1.71. The summed E-state index contributed by atoms with van der Waals surface area (Å²) in [5.41, 5.74) is 11.2. The molecule has 0 aliphatic heterocycles. The Bertz CT molecular complexity index is 551. The van der Waals surface area contributed by atoms with E-state index in [1.807, 2.05) is 24.4 Å². The number of hydrogen-bond donors (Lipinski definition) is 1. The molecule has 106 valence electrons. The minimum Gasteiger partial charge on any atom is -0.323 e. The summed E-state index contributed by atoms with van der Waals surface area (Å²) in [6.45, 7) is 5.89. The van der Waals surface area contributed by atoms with Gasteiger partial charge in [0.2, 0.25) is 0 Å². The molecule has 20 heavy (non-hydrogen) atoms. The molecule has 3 nitrogen and oxygen atoms in total. The van der Waals surface area contributed by atoms with Crippen LogP contribution >= 0.6 is 0 Å².